The van der Waals surface area contributed by atoms with E-state index in [4.69, 9.17) is 0 Å². The highest BCUT2D eigenvalue weighted by atomic mass is 19.1. The molecule has 0 unspecified atom stereocenters. The van der Waals surface area contributed by atoms with Crippen molar-refractivity contribution in [3.05, 3.63) is 77.7 Å². The molecule has 1 nitrogen and oxygen atoms in total. The van der Waals surface area contributed by atoms with Gasteiger partial charge >= 0.3 is 0 Å². The van der Waals surface area contributed by atoms with Crippen molar-refractivity contribution in [3.8, 4) is 22.4 Å². The molecule has 0 saturated carbocycles. The Kier molecular flexibility index (Phi) is 3.53. The lowest BCUT2D eigenvalue weighted by Crippen LogP contribution is -1.87. The lowest BCUT2D eigenvalue weighted by atomic mass is 10.0. The van der Waals surface area contributed by atoms with Crippen molar-refractivity contribution in [2.75, 3.05) is 0 Å². The maximum Gasteiger partial charge on any atom is 0.131 e. The molecule has 0 radical (unpaired) electrons. The fourth-order valence-corrected chi connectivity index (χ4v) is 2.31. The Morgan fingerprint density at radius 3 is 2.05 bits per heavy atom. The number of aryl methyl sites for hydroxylation is 2. The summed E-state index contributed by atoms with van der Waals surface area (Å²) >= 11 is 0. The van der Waals surface area contributed by atoms with Crippen LogP contribution in [-0.4, -0.2) is 4.98 Å². The SMILES string of the molecule is Cc1ccc(-c2ccc(-c3ccc(C)cc3F)cc2)nc1. The van der Waals surface area contributed by atoms with Crippen molar-refractivity contribution in [1.29, 1.82) is 0 Å². The maximum absolute atomic E-state index is 14.0. The molecule has 0 aliphatic carbocycles. The predicted molar refractivity (Wildman–Crippen MR) is 84.5 cm³/mol. The summed E-state index contributed by atoms with van der Waals surface area (Å²) < 4.78 is 14.0. The van der Waals surface area contributed by atoms with Gasteiger partial charge in [-0.15, -0.1) is 0 Å². The lowest BCUT2D eigenvalue weighted by molar-refractivity contribution is 0.630. The molecule has 0 N–H and O–H groups in total. The van der Waals surface area contributed by atoms with Gasteiger partial charge < -0.3 is 0 Å². The number of pyridine rings is 1. The van der Waals surface area contributed by atoms with Crippen molar-refractivity contribution in [3.63, 3.8) is 0 Å². The summed E-state index contributed by atoms with van der Waals surface area (Å²) in [6, 6.07) is 17.2. The van der Waals surface area contributed by atoms with E-state index in [1.807, 2.05) is 68.6 Å². The molecular weight excluding hydrogens is 261 g/mol. The van der Waals surface area contributed by atoms with E-state index in [0.29, 0.717) is 5.56 Å². The minimum absolute atomic E-state index is 0.184. The van der Waals surface area contributed by atoms with Gasteiger partial charge in [0.15, 0.2) is 0 Å². The van der Waals surface area contributed by atoms with Gasteiger partial charge in [-0.1, -0.05) is 42.5 Å². The summed E-state index contributed by atoms with van der Waals surface area (Å²) in [7, 11) is 0. The number of halogens is 1. The zero-order valence-corrected chi connectivity index (χ0v) is 12.1. The lowest BCUT2D eigenvalue weighted by Gasteiger charge is -2.06. The van der Waals surface area contributed by atoms with Crippen LogP contribution in [0.5, 0.6) is 0 Å². The van der Waals surface area contributed by atoms with E-state index in [9.17, 15) is 4.39 Å². The zero-order chi connectivity index (χ0) is 14.8. The van der Waals surface area contributed by atoms with Crippen LogP contribution in [0.25, 0.3) is 22.4 Å². The largest absolute Gasteiger partial charge is 0.256 e. The van der Waals surface area contributed by atoms with Crippen LogP contribution in [0.15, 0.2) is 60.8 Å². The molecule has 0 aliphatic heterocycles. The van der Waals surface area contributed by atoms with Crippen molar-refractivity contribution >= 4 is 0 Å². The van der Waals surface area contributed by atoms with E-state index in [2.05, 4.69) is 4.98 Å². The number of aromatic nitrogens is 1. The molecule has 21 heavy (non-hydrogen) atoms. The molecule has 1 heterocycles. The van der Waals surface area contributed by atoms with Gasteiger partial charge in [-0.3, -0.25) is 4.98 Å². The minimum atomic E-state index is -0.184. The molecule has 2 heteroatoms. The second-order valence-electron chi connectivity index (χ2n) is 5.28. The Hall–Kier alpha value is -2.48. The highest BCUT2D eigenvalue weighted by Gasteiger charge is 2.06. The standard InChI is InChI=1S/C19H16FN/c1-13-3-9-17(18(20)11-13)15-5-7-16(8-6-15)19-10-4-14(2)12-21-19/h3-12H,1-2H3. The normalized spacial score (nSPS) is 10.6. The summed E-state index contributed by atoms with van der Waals surface area (Å²) in [6.45, 7) is 3.90. The van der Waals surface area contributed by atoms with Gasteiger partial charge in [0, 0.05) is 17.3 Å². The minimum Gasteiger partial charge on any atom is -0.256 e. The molecule has 0 bridgehead atoms. The van der Waals surface area contributed by atoms with E-state index in [-0.39, 0.29) is 5.82 Å². The first-order chi connectivity index (χ1) is 10.1. The van der Waals surface area contributed by atoms with Crippen molar-refractivity contribution in [2.45, 2.75) is 13.8 Å². The number of nitrogens with zero attached hydrogens (tertiary/aromatic N) is 1. The van der Waals surface area contributed by atoms with Gasteiger partial charge in [-0.05, 0) is 42.7 Å². The van der Waals surface area contributed by atoms with Crippen LogP contribution in [0.3, 0.4) is 0 Å². The third-order valence-electron chi connectivity index (χ3n) is 3.53. The molecule has 0 atom stereocenters. The molecule has 0 fully saturated rings. The monoisotopic (exact) mass is 277 g/mol. The van der Waals surface area contributed by atoms with Gasteiger partial charge in [0.05, 0.1) is 5.69 Å². The van der Waals surface area contributed by atoms with Crippen molar-refractivity contribution in [2.24, 2.45) is 0 Å². The Morgan fingerprint density at radius 1 is 0.762 bits per heavy atom. The van der Waals surface area contributed by atoms with Crippen molar-refractivity contribution < 1.29 is 4.39 Å². The molecule has 2 aromatic carbocycles. The highest BCUT2D eigenvalue weighted by Crippen LogP contribution is 2.26. The molecule has 3 rings (SSSR count). The Morgan fingerprint density at radius 2 is 1.43 bits per heavy atom. The third-order valence-corrected chi connectivity index (χ3v) is 3.53. The quantitative estimate of drug-likeness (QED) is 0.629. The first-order valence-electron chi connectivity index (χ1n) is 6.93. The maximum atomic E-state index is 14.0. The topological polar surface area (TPSA) is 12.9 Å². The highest BCUT2D eigenvalue weighted by molar-refractivity contribution is 5.69. The molecule has 104 valence electrons. The first-order valence-corrected chi connectivity index (χ1v) is 6.93. The summed E-state index contributed by atoms with van der Waals surface area (Å²) in [5, 5.41) is 0. The molecule has 1 aromatic heterocycles. The summed E-state index contributed by atoms with van der Waals surface area (Å²) in [5.74, 6) is -0.184. The van der Waals surface area contributed by atoms with Crippen LogP contribution >= 0.6 is 0 Å². The molecule has 3 aromatic rings. The van der Waals surface area contributed by atoms with Gasteiger partial charge in [0.25, 0.3) is 0 Å². The predicted octanol–water partition coefficient (Wildman–Crippen LogP) is 5.17. The fraction of sp³-hybridized carbons (Fsp3) is 0.105. The van der Waals surface area contributed by atoms with Gasteiger partial charge in [-0.2, -0.15) is 0 Å². The van der Waals surface area contributed by atoms with E-state index in [1.165, 1.54) is 0 Å². The number of hydrogen-bond donors (Lipinski definition) is 0. The zero-order valence-electron chi connectivity index (χ0n) is 12.1. The Balaban J connectivity index is 1.95. The third kappa shape index (κ3) is 2.84. The van der Waals surface area contributed by atoms with E-state index in [0.717, 1.165) is 27.9 Å². The summed E-state index contributed by atoms with van der Waals surface area (Å²) in [6.07, 6.45) is 1.85. The number of benzene rings is 2. The fourth-order valence-electron chi connectivity index (χ4n) is 2.31. The molecular formula is C19H16FN. The summed E-state index contributed by atoms with van der Waals surface area (Å²) in [5.41, 5.74) is 5.53. The van der Waals surface area contributed by atoms with E-state index >= 15 is 0 Å². The van der Waals surface area contributed by atoms with Crippen LogP contribution < -0.4 is 0 Å². The van der Waals surface area contributed by atoms with Gasteiger partial charge in [0.1, 0.15) is 5.82 Å². The van der Waals surface area contributed by atoms with Gasteiger partial charge in [-0.25, -0.2) is 4.39 Å². The number of rotatable bonds is 2. The molecule has 0 aliphatic rings. The Bertz CT molecular complexity index is 759. The van der Waals surface area contributed by atoms with E-state index in [1.54, 1.807) is 6.07 Å². The molecule has 0 saturated heterocycles. The smallest absolute Gasteiger partial charge is 0.131 e. The van der Waals surface area contributed by atoms with Crippen LogP contribution in [0.4, 0.5) is 4.39 Å². The van der Waals surface area contributed by atoms with Crippen LogP contribution in [0, 0.1) is 19.7 Å². The first kappa shape index (κ1) is 13.5. The second kappa shape index (κ2) is 5.49. The van der Waals surface area contributed by atoms with Crippen LogP contribution in [0.1, 0.15) is 11.1 Å². The van der Waals surface area contributed by atoms with Crippen molar-refractivity contribution in [1.82, 2.24) is 4.98 Å². The van der Waals surface area contributed by atoms with Crippen LogP contribution in [0.2, 0.25) is 0 Å². The average molecular weight is 277 g/mol. The van der Waals surface area contributed by atoms with Gasteiger partial charge in [0.2, 0.25) is 0 Å². The molecule has 0 spiro atoms. The molecule has 0 amide bonds. The number of hydrogen-bond acceptors (Lipinski definition) is 1. The Labute approximate surface area is 124 Å². The summed E-state index contributed by atoms with van der Waals surface area (Å²) in [4.78, 5) is 4.41. The second-order valence-corrected chi connectivity index (χ2v) is 5.28. The van der Waals surface area contributed by atoms with Crippen LogP contribution in [-0.2, 0) is 0 Å². The van der Waals surface area contributed by atoms with E-state index < -0.39 is 0 Å². The average Bonchev–Trinajstić information content (AvgIpc) is 2.48.